The Morgan fingerprint density at radius 1 is 1.42 bits per heavy atom. The molecule has 0 aliphatic carbocycles. The fourth-order valence-corrected chi connectivity index (χ4v) is 2.97. The van der Waals surface area contributed by atoms with E-state index in [1.54, 1.807) is 6.20 Å². The van der Waals surface area contributed by atoms with Crippen LogP contribution >= 0.6 is 11.6 Å². The van der Waals surface area contributed by atoms with Crippen LogP contribution in [0.2, 0.25) is 5.02 Å². The number of benzene rings is 1. The van der Waals surface area contributed by atoms with Crippen molar-refractivity contribution in [1.82, 2.24) is 9.78 Å². The molecule has 1 atom stereocenters. The van der Waals surface area contributed by atoms with E-state index in [1.165, 1.54) is 11.3 Å². The summed E-state index contributed by atoms with van der Waals surface area (Å²) in [7, 11) is 0. The summed E-state index contributed by atoms with van der Waals surface area (Å²) in [6, 6.07) is 8.97. The van der Waals surface area contributed by atoms with Crippen molar-refractivity contribution < 1.29 is 0 Å². The largest absolute Gasteiger partial charge is 0.382 e. The van der Waals surface area contributed by atoms with E-state index in [0.717, 1.165) is 36.5 Å². The highest BCUT2D eigenvalue weighted by Gasteiger charge is 2.20. The third-order valence-electron chi connectivity index (χ3n) is 3.78. The molecule has 100 valence electrons. The van der Waals surface area contributed by atoms with E-state index >= 15 is 0 Å². The van der Waals surface area contributed by atoms with Gasteiger partial charge in [0.1, 0.15) is 0 Å². The summed E-state index contributed by atoms with van der Waals surface area (Å²) in [6.45, 7) is 2.96. The number of para-hydroxylation sites is 1. The first-order valence-electron chi connectivity index (χ1n) is 6.82. The van der Waals surface area contributed by atoms with E-state index in [-0.39, 0.29) is 0 Å². The first-order valence-corrected chi connectivity index (χ1v) is 7.20. The zero-order chi connectivity index (χ0) is 13.2. The Morgan fingerprint density at radius 2 is 2.26 bits per heavy atom. The molecule has 1 aromatic carbocycles. The number of aromatic nitrogens is 2. The lowest BCUT2D eigenvalue weighted by molar-refractivity contribution is 0.566. The number of anilines is 1. The lowest BCUT2D eigenvalue weighted by atomic mass is 9.95. The fraction of sp³-hybridized carbons (Fsp3) is 0.400. The molecule has 0 saturated heterocycles. The standard InChI is InChI=1S/C15H18ClN3/c1-2-19-15(13(16)10-17-19)9-12-8-7-11-5-3-4-6-14(11)18-12/h3-6,10,12,18H,2,7-9H2,1H3. The molecule has 3 rings (SSSR count). The van der Waals surface area contributed by atoms with Crippen molar-refractivity contribution in [2.24, 2.45) is 0 Å². The Balaban J connectivity index is 1.77. The third kappa shape index (κ3) is 2.47. The average Bonchev–Trinajstić information content (AvgIpc) is 2.79. The van der Waals surface area contributed by atoms with Crippen LogP contribution < -0.4 is 5.32 Å². The van der Waals surface area contributed by atoms with E-state index in [4.69, 9.17) is 11.6 Å². The van der Waals surface area contributed by atoms with Gasteiger partial charge in [-0.05, 0) is 31.4 Å². The highest BCUT2D eigenvalue weighted by Crippen LogP contribution is 2.27. The summed E-state index contributed by atoms with van der Waals surface area (Å²) in [4.78, 5) is 0. The quantitative estimate of drug-likeness (QED) is 0.929. The second-order valence-electron chi connectivity index (χ2n) is 5.00. The number of hydrogen-bond acceptors (Lipinski definition) is 2. The van der Waals surface area contributed by atoms with E-state index in [2.05, 4.69) is 41.6 Å². The number of hydrogen-bond donors (Lipinski definition) is 1. The minimum atomic E-state index is 0.439. The number of nitrogens with zero attached hydrogens (tertiary/aromatic N) is 2. The van der Waals surface area contributed by atoms with Crippen LogP contribution in [-0.2, 0) is 19.4 Å². The zero-order valence-corrected chi connectivity index (χ0v) is 11.8. The Morgan fingerprint density at radius 3 is 3.11 bits per heavy atom. The van der Waals surface area contributed by atoms with Crippen LogP contribution in [0.3, 0.4) is 0 Å². The van der Waals surface area contributed by atoms with Crippen LogP contribution in [0.15, 0.2) is 30.5 Å². The maximum atomic E-state index is 6.23. The molecule has 0 saturated carbocycles. The number of aryl methyl sites for hydroxylation is 2. The predicted octanol–water partition coefficient (Wildman–Crippen LogP) is 3.53. The van der Waals surface area contributed by atoms with Crippen LogP contribution in [0.5, 0.6) is 0 Å². The van der Waals surface area contributed by atoms with Crippen molar-refractivity contribution >= 4 is 17.3 Å². The SMILES string of the molecule is CCn1ncc(Cl)c1CC1CCc2ccccc2N1. The van der Waals surface area contributed by atoms with E-state index in [0.29, 0.717) is 6.04 Å². The highest BCUT2D eigenvalue weighted by molar-refractivity contribution is 6.31. The van der Waals surface area contributed by atoms with E-state index in [9.17, 15) is 0 Å². The summed E-state index contributed by atoms with van der Waals surface area (Å²) >= 11 is 6.23. The summed E-state index contributed by atoms with van der Waals surface area (Å²) < 4.78 is 1.99. The molecule has 2 heterocycles. The first kappa shape index (κ1) is 12.5. The van der Waals surface area contributed by atoms with Gasteiger partial charge in [0.05, 0.1) is 16.9 Å². The zero-order valence-electron chi connectivity index (χ0n) is 11.1. The van der Waals surface area contributed by atoms with Gasteiger partial charge in [-0.25, -0.2) is 0 Å². The van der Waals surface area contributed by atoms with Gasteiger partial charge in [0.25, 0.3) is 0 Å². The summed E-state index contributed by atoms with van der Waals surface area (Å²) in [5, 5.41) is 8.70. The minimum Gasteiger partial charge on any atom is -0.382 e. The van der Waals surface area contributed by atoms with Crippen molar-refractivity contribution in [3.8, 4) is 0 Å². The lowest BCUT2D eigenvalue weighted by Crippen LogP contribution is -2.28. The van der Waals surface area contributed by atoms with Crippen molar-refractivity contribution in [3.05, 3.63) is 46.7 Å². The monoisotopic (exact) mass is 275 g/mol. The van der Waals surface area contributed by atoms with Gasteiger partial charge in [-0.3, -0.25) is 4.68 Å². The molecule has 3 nitrogen and oxygen atoms in total. The van der Waals surface area contributed by atoms with Crippen molar-refractivity contribution in [2.45, 2.75) is 38.8 Å². The van der Waals surface area contributed by atoms with E-state index in [1.807, 2.05) is 4.68 Å². The molecule has 0 spiro atoms. The molecule has 0 bridgehead atoms. The van der Waals surface area contributed by atoms with Gasteiger partial charge in [-0.15, -0.1) is 0 Å². The molecule has 1 aromatic heterocycles. The predicted molar refractivity (Wildman–Crippen MR) is 78.8 cm³/mol. The third-order valence-corrected chi connectivity index (χ3v) is 4.09. The van der Waals surface area contributed by atoms with Crippen LogP contribution in [0, 0.1) is 0 Å². The van der Waals surface area contributed by atoms with Gasteiger partial charge in [0.15, 0.2) is 0 Å². The van der Waals surface area contributed by atoms with Gasteiger partial charge < -0.3 is 5.32 Å². The van der Waals surface area contributed by atoms with Crippen LogP contribution in [0.25, 0.3) is 0 Å². The molecule has 0 amide bonds. The van der Waals surface area contributed by atoms with Crippen molar-refractivity contribution in [2.75, 3.05) is 5.32 Å². The molecule has 19 heavy (non-hydrogen) atoms. The molecule has 1 N–H and O–H groups in total. The summed E-state index contributed by atoms with van der Waals surface area (Å²) in [5.41, 5.74) is 3.81. The fourth-order valence-electron chi connectivity index (χ4n) is 2.75. The smallest absolute Gasteiger partial charge is 0.0818 e. The summed E-state index contributed by atoms with van der Waals surface area (Å²) in [6.07, 6.45) is 4.95. The van der Waals surface area contributed by atoms with Gasteiger partial charge >= 0.3 is 0 Å². The molecule has 4 heteroatoms. The van der Waals surface area contributed by atoms with Gasteiger partial charge in [0, 0.05) is 24.7 Å². The van der Waals surface area contributed by atoms with Crippen LogP contribution in [-0.4, -0.2) is 15.8 Å². The Hall–Kier alpha value is -1.48. The number of fused-ring (bicyclic) bond motifs is 1. The van der Waals surface area contributed by atoms with E-state index < -0.39 is 0 Å². The van der Waals surface area contributed by atoms with Crippen LogP contribution in [0.1, 0.15) is 24.6 Å². The number of rotatable bonds is 3. The molecular formula is C15H18ClN3. The second-order valence-corrected chi connectivity index (χ2v) is 5.40. The molecule has 2 aromatic rings. The second kappa shape index (κ2) is 5.25. The van der Waals surface area contributed by atoms with Crippen molar-refractivity contribution in [1.29, 1.82) is 0 Å². The normalized spacial score (nSPS) is 17.9. The van der Waals surface area contributed by atoms with Crippen molar-refractivity contribution in [3.63, 3.8) is 0 Å². The maximum absolute atomic E-state index is 6.23. The Bertz CT molecular complexity index is 577. The lowest BCUT2D eigenvalue weighted by Gasteiger charge is -2.27. The first-order chi connectivity index (χ1) is 9.28. The molecule has 0 radical (unpaired) electrons. The highest BCUT2D eigenvalue weighted by atomic mass is 35.5. The van der Waals surface area contributed by atoms with Crippen LogP contribution in [0.4, 0.5) is 5.69 Å². The summed E-state index contributed by atoms with van der Waals surface area (Å²) in [5.74, 6) is 0. The molecule has 1 aliphatic heterocycles. The topological polar surface area (TPSA) is 29.9 Å². The average molecular weight is 276 g/mol. The van der Waals surface area contributed by atoms with Gasteiger partial charge in [-0.1, -0.05) is 29.8 Å². The molecule has 1 aliphatic rings. The maximum Gasteiger partial charge on any atom is 0.0818 e. The molecular weight excluding hydrogens is 258 g/mol. The molecule has 0 fully saturated rings. The van der Waals surface area contributed by atoms with Gasteiger partial charge in [0.2, 0.25) is 0 Å². The molecule has 1 unspecified atom stereocenters. The van der Waals surface area contributed by atoms with Gasteiger partial charge in [-0.2, -0.15) is 5.10 Å². The Kier molecular flexibility index (Phi) is 3.47. The number of halogens is 1. The minimum absolute atomic E-state index is 0.439. The number of nitrogens with one attached hydrogen (secondary N) is 1. The Labute approximate surface area is 118 Å².